The number of nitrogens with zero attached hydrogens (tertiary/aromatic N) is 2. The molecule has 1 amide bonds. The fourth-order valence-electron chi connectivity index (χ4n) is 2.78. The van der Waals surface area contributed by atoms with Crippen molar-refractivity contribution in [3.05, 3.63) is 46.9 Å². The highest BCUT2D eigenvalue weighted by Crippen LogP contribution is 2.29. The molecular formula is C19H21N3O3S. The summed E-state index contributed by atoms with van der Waals surface area (Å²) < 4.78 is 10.9. The summed E-state index contributed by atoms with van der Waals surface area (Å²) in [7, 11) is 0. The highest BCUT2D eigenvalue weighted by molar-refractivity contribution is 8.00. The van der Waals surface area contributed by atoms with Crippen LogP contribution in [0, 0.1) is 27.7 Å². The van der Waals surface area contributed by atoms with E-state index in [1.54, 1.807) is 12.3 Å². The SMILES string of the molecule is Cc1cc(C)c(NC(=O)[C@@H](C)Sc2nnc(-c3ccoc3C)o2)c(C)c1. The third-order valence-electron chi connectivity index (χ3n) is 4.07. The van der Waals surface area contributed by atoms with Gasteiger partial charge in [0.1, 0.15) is 5.76 Å². The van der Waals surface area contributed by atoms with Crippen LogP contribution in [-0.2, 0) is 4.79 Å². The zero-order valence-corrected chi connectivity index (χ0v) is 16.2. The number of rotatable bonds is 5. The van der Waals surface area contributed by atoms with Crippen LogP contribution in [0.3, 0.4) is 0 Å². The van der Waals surface area contributed by atoms with Gasteiger partial charge >= 0.3 is 0 Å². The molecule has 0 unspecified atom stereocenters. The summed E-state index contributed by atoms with van der Waals surface area (Å²) in [5, 5.41) is 11.0. The summed E-state index contributed by atoms with van der Waals surface area (Å²) in [6.45, 7) is 9.66. The highest BCUT2D eigenvalue weighted by Gasteiger charge is 2.21. The van der Waals surface area contributed by atoms with Crippen molar-refractivity contribution < 1.29 is 13.6 Å². The first-order valence-electron chi connectivity index (χ1n) is 8.28. The van der Waals surface area contributed by atoms with Crippen molar-refractivity contribution in [3.63, 3.8) is 0 Å². The lowest BCUT2D eigenvalue weighted by Crippen LogP contribution is -2.23. The zero-order chi connectivity index (χ0) is 18.8. The quantitative estimate of drug-likeness (QED) is 0.656. The molecule has 2 aromatic heterocycles. The predicted octanol–water partition coefficient (Wildman–Crippen LogP) is 4.68. The Morgan fingerprint density at radius 3 is 2.46 bits per heavy atom. The highest BCUT2D eigenvalue weighted by atomic mass is 32.2. The summed E-state index contributed by atoms with van der Waals surface area (Å²) in [6, 6.07) is 5.88. The number of anilines is 1. The van der Waals surface area contributed by atoms with E-state index in [-0.39, 0.29) is 11.2 Å². The number of carbonyl (C=O) groups excluding carboxylic acids is 1. The van der Waals surface area contributed by atoms with Gasteiger partial charge in [-0.05, 0) is 51.8 Å². The summed E-state index contributed by atoms with van der Waals surface area (Å²) in [5.41, 5.74) is 4.88. The number of carbonyl (C=O) groups is 1. The van der Waals surface area contributed by atoms with E-state index < -0.39 is 0 Å². The smallest absolute Gasteiger partial charge is 0.277 e. The minimum Gasteiger partial charge on any atom is -0.469 e. The third kappa shape index (κ3) is 3.83. The first kappa shape index (κ1) is 18.3. The maximum Gasteiger partial charge on any atom is 0.277 e. The lowest BCUT2D eigenvalue weighted by atomic mass is 10.1. The van der Waals surface area contributed by atoms with Crippen molar-refractivity contribution in [2.75, 3.05) is 5.32 Å². The molecule has 2 heterocycles. The first-order chi connectivity index (χ1) is 12.3. The van der Waals surface area contributed by atoms with Crippen LogP contribution in [0.1, 0.15) is 29.4 Å². The second kappa shape index (κ2) is 7.37. The lowest BCUT2D eigenvalue weighted by molar-refractivity contribution is -0.115. The summed E-state index contributed by atoms with van der Waals surface area (Å²) in [4.78, 5) is 12.6. The van der Waals surface area contributed by atoms with E-state index in [9.17, 15) is 4.79 Å². The maximum atomic E-state index is 12.6. The largest absolute Gasteiger partial charge is 0.469 e. The molecule has 3 rings (SSSR count). The number of hydrogen-bond donors (Lipinski definition) is 1. The molecule has 0 saturated carbocycles. The van der Waals surface area contributed by atoms with Gasteiger partial charge in [-0.25, -0.2) is 0 Å². The number of aromatic nitrogens is 2. The van der Waals surface area contributed by atoms with E-state index >= 15 is 0 Å². The van der Waals surface area contributed by atoms with Crippen molar-refractivity contribution in [1.82, 2.24) is 10.2 Å². The average Bonchev–Trinajstić information content (AvgIpc) is 3.19. The van der Waals surface area contributed by atoms with Gasteiger partial charge in [-0.2, -0.15) is 0 Å². The molecule has 0 aliphatic rings. The Labute approximate surface area is 156 Å². The minimum atomic E-state index is -0.381. The monoisotopic (exact) mass is 371 g/mol. The van der Waals surface area contributed by atoms with Gasteiger partial charge in [-0.1, -0.05) is 29.5 Å². The van der Waals surface area contributed by atoms with Crippen molar-refractivity contribution in [3.8, 4) is 11.5 Å². The van der Waals surface area contributed by atoms with E-state index in [0.29, 0.717) is 16.9 Å². The molecule has 7 heteroatoms. The Bertz CT molecular complexity index is 922. The van der Waals surface area contributed by atoms with E-state index in [1.165, 1.54) is 17.3 Å². The van der Waals surface area contributed by atoms with Crippen LogP contribution in [0.4, 0.5) is 5.69 Å². The molecule has 3 aromatic rings. The summed E-state index contributed by atoms with van der Waals surface area (Å²) in [6.07, 6.45) is 1.57. The summed E-state index contributed by atoms with van der Waals surface area (Å²) >= 11 is 1.23. The second-order valence-electron chi connectivity index (χ2n) is 6.29. The van der Waals surface area contributed by atoms with Crippen LogP contribution < -0.4 is 5.32 Å². The number of nitrogens with one attached hydrogen (secondary N) is 1. The molecule has 0 fully saturated rings. The Hall–Kier alpha value is -2.54. The number of hydrogen-bond acceptors (Lipinski definition) is 6. The molecule has 0 aliphatic carbocycles. The zero-order valence-electron chi connectivity index (χ0n) is 15.4. The molecule has 0 saturated heterocycles. The molecule has 0 aliphatic heterocycles. The van der Waals surface area contributed by atoms with E-state index in [0.717, 1.165) is 22.4 Å². The Morgan fingerprint density at radius 2 is 1.85 bits per heavy atom. The molecule has 0 bridgehead atoms. The molecule has 26 heavy (non-hydrogen) atoms. The number of aryl methyl sites for hydroxylation is 4. The van der Waals surface area contributed by atoms with Gasteiger partial charge in [-0.3, -0.25) is 4.79 Å². The minimum absolute atomic E-state index is 0.107. The third-order valence-corrected chi connectivity index (χ3v) is 5.00. The number of thioether (sulfide) groups is 1. The van der Waals surface area contributed by atoms with Crippen LogP contribution in [0.25, 0.3) is 11.5 Å². The number of amides is 1. The topological polar surface area (TPSA) is 81.2 Å². The molecule has 6 nitrogen and oxygen atoms in total. The molecule has 136 valence electrons. The van der Waals surface area contributed by atoms with Gasteiger partial charge < -0.3 is 14.2 Å². The normalized spacial score (nSPS) is 12.2. The van der Waals surface area contributed by atoms with Gasteiger partial charge in [0.25, 0.3) is 11.1 Å². The predicted molar refractivity (Wildman–Crippen MR) is 101 cm³/mol. The lowest BCUT2D eigenvalue weighted by Gasteiger charge is -2.15. The van der Waals surface area contributed by atoms with E-state index in [1.807, 2.05) is 34.6 Å². The Kier molecular flexibility index (Phi) is 5.18. The van der Waals surface area contributed by atoms with E-state index in [4.69, 9.17) is 8.83 Å². The van der Waals surface area contributed by atoms with E-state index in [2.05, 4.69) is 27.6 Å². The second-order valence-corrected chi connectivity index (χ2v) is 7.58. The molecule has 0 radical (unpaired) electrons. The number of benzene rings is 1. The van der Waals surface area contributed by atoms with Gasteiger partial charge in [0.15, 0.2) is 0 Å². The summed E-state index contributed by atoms with van der Waals surface area (Å²) in [5.74, 6) is 0.988. The molecule has 1 N–H and O–H groups in total. The van der Waals surface area contributed by atoms with Gasteiger partial charge in [-0.15, -0.1) is 10.2 Å². The number of furan rings is 1. The van der Waals surface area contributed by atoms with Crippen molar-refractivity contribution >= 4 is 23.4 Å². The molecular weight excluding hydrogens is 350 g/mol. The molecule has 1 atom stereocenters. The van der Waals surface area contributed by atoms with Crippen LogP contribution in [-0.4, -0.2) is 21.4 Å². The Balaban J connectivity index is 1.69. The van der Waals surface area contributed by atoms with Crippen LogP contribution in [0.15, 0.2) is 38.5 Å². The fraction of sp³-hybridized carbons (Fsp3) is 0.316. The fourth-order valence-corrected chi connectivity index (χ4v) is 3.46. The molecule has 1 aromatic carbocycles. The van der Waals surface area contributed by atoms with Crippen molar-refractivity contribution in [1.29, 1.82) is 0 Å². The van der Waals surface area contributed by atoms with Gasteiger partial charge in [0.05, 0.1) is 17.1 Å². The standard InChI is InChI=1S/C19H21N3O3S/c1-10-8-11(2)16(12(3)9-10)20-17(23)14(5)26-19-22-21-18(25-19)15-6-7-24-13(15)4/h6-9,14H,1-5H3,(H,20,23)/t14-/m1/s1. The van der Waals surface area contributed by atoms with Crippen LogP contribution in [0.2, 0.25) is 0 Å². The first-order valence-corrected chi connectivity index (χ1v) is 9.16. The van der Waals surface area contributed by atoms with Crippen LogP contribution in [0.5, 0.6) is 0 Å². The average molecular weight is 371 g/mol. The van der Waals surface area contributed by atoms with Gasteiger partial charge in [0.2, 0.25) is 5.91 Å². The maximum absolute atomic E-state index is 12.6. The van der Waals surface area contributed by atoms with Crippen molar-refractivity contribution in [2.45, 2.75) is 45.1 Å². The van der Waals surface area contributed by atoms with Crippen LogP contribution >= 0.6 is 11.8 Å². The molecule has 0 spiro atoms. The van der Waals surface area contributed by atoms with Crippen molar-refractivity contribution in [2.24, 2.45) is 0 Å². The Morgan fingerprint density at radius 1 is 1.15 bits per heavy atom. The van der Waals surface area contributed by atoms with Gasteiger partial charge in [0, 0.05) is 5.69 Å².